The highest BCUT2D eigenvalue weighted by Gasteiger charge is 2.93. The Morgan fingerprint density at radius 1 is 1.46 bits per heavy atom. The van der Waals surface area contributed by atoms with Gasteiger partial charge in [-0.05, 0) is 24.5 Å². The summed E-state index contributed by atoms with van der Waals surface area (Å²) in [5.74, 6) is 0.572. The number of benzene rings is 1. The van der Waals surface area contributed by atoms with Crippen LogP contribution in [0, 0.1) is 5.41 Å². The van der Waals surface area contributed by atoms with E-state index >= 15 is 0 Å². The van der Waals surface area contributed by atoms with Crippen LogP contribution in [0.15, 0.2) is 24.8 Å². The summed E-state index contributed by atoms with van der Waals surface area (Å²) in [7, 11) is 0. The molecule has 3 aliphatic carbocycles. The first-order valence-electron chi connectivity index (χ1n) is 8.63. The number of carbonyl (C=O) groups is 1. The summed E-state index contributed by atoms with van der Waals surface area (Å²) in [6, 6.07) is 3.64. The lowest BCUT2D eigenvalue weighted by molar-refractivity contribution is -0.352. The Hall–Kier alpha value is -1.85. The molecule has 0 aromatic heterocycles. The van der Waals surface area contributed by atoms with Crippen LogP contribution in [-0.4, -0.2) is 51.7 Å². The number of fused-ring (bicyclic) bond motifs is 1. The zero-order valence-electron chi connectivity index (χ0n) is 13.3. The lowest BCUT2D eigenvalue weighted by Gasteiger charge is -2.81. The van der Waals surface area contributed by atoms with Crippen LogP contribution in [0.3, 0.4) is 0 Å². The maximum absolute atomic E-state index is 12.7. The number of piperidine rings is 1. The molecule has 0 amide bonds. The number of carbonyl (C=O) groups excluding carboxylic acids is 1. The second-order valence-corrected chi connectivity index (χ2v) is 8.10. The lowest BCUT2D eigenvalue weighted by atomic mass is 9.30. The molecule has 2 N–H and O–H groups in total. The highest BCUT2D eigenvalue weighted by Crippen LogP contribution is 2.82. The topological polar surface area (TPSA) is 70.0 Å². The fourth-order valence-electron chi connectivity index (χ4n) is 7.10. The largest absolute Gasteiger partial charge is 0.504 e. The van der Waals surface area contributed by atoms with Gasteiger partial charge < -0.3 is 14.9 Å². The molecule has 2 aliphatic heterocycles. The van der Waals surface area contributed by atoms with Crippen LogP contribution in [0.4, 0.5) is 0 Å². The maximum atomic E-state index is 12.7. The van der Waals surface area contributed by atoms with E-state index in [0.717, 1.165) is 30.6 Å². The zero-order valence-corrected chi connectivity index (χ0v) is 13.3. The number of aliphatic hydroxyl groups is 1. The number of phenols is 1. The number of hydrogen-bond acceptors (Lipinski definition) is 5. The maximum Gasteiger partial charge on any atom is 0.174 e. The lowest BCUT2D eigenvalue weighted by Crippen LogP contribution is -2.96. The summed E-state index contributed by atoms with van der Waals surface area (Å²) in [5.41, 5.74) is 0.266. The Kier molecular flexibility index (Phi) is 1.99. The van der Waals surface area contributed by atoms with E-state index in [1.165, 1.54) is 0 Å². The summed E-state index contributed by atoms with van der Waals surface area (Å²) >= 11 is 0. The minimum atomic E-state index is -0.961. The Morgan fingerprint density at radius 3 is 3.08 bits per heavy atom. The Morgan fingerprint density at radius 2 is 2.29 bits per heavy atom. The first-order valence-corrected chi connectivity index (χ1v) is 8.63. The molecular formula is C19H19NO4. The van der Waals surface area contributed by atoms with Gasteiger partial charge in [0.15, 0.2) is 23.4 Å². The molecule has 1 unspecified atom stereocenters. The van der Waals surface area contributed by atoms with Gasteiger partial charge in [-0.3, -0.25) is 9.69 Å². The van der Waals surface area contributed by atoms with Crippen molar-refractivity contribution in [3.63, 3.8) is 0 Å². The highest BCUT2D eigenvalue weighted by molar-refractivity contribution is 5.92. The molecule has 1 saturated heterocycles. The minimum Gasteiger partial charge on any atom is -0.504 e. The molecule has 5 heteroatoms. The summed E-state index contributed by atoms with van der Waals surface area (Å²) in [6.45, 7) is 5.42. The van der Waals surface area contributed by atoms with Crippen molar-refractivity contribution in [2.75, 3.05) is 13.1 Å². The number of ether oxygens (including phenoxy) is 1. The molecule has 5 aliphatic rings. The van der Waals surface area contributed by atoms with Crippen molar-refractivity contribution < 1.29 is 19.7 Å². The number of likely N-dealkylation sites (tertiary alicyclic amines) is 1. The van der Waals surface area contributed by atoms with Gasteiger partial charge in [0.05, 0.1) is 11.0 Å². The van der Waals surface area contributed by atoms with E-state index in [2.05, 4.69) is 11.5 Å². The number of aromatic hydroxyl groups is 1. The van der Waals surface area contributed by atoms with Crippen LogP contribution in [0.1, 0.15) is 24.0 Å². The molecule has 2 saturated carbocycles. The smallest absolute Gasteiger partial charge is 0.174 e. The number of phenolic OH excluding ortho intramolecular Hbond substituents is 1. The Labute approximate surface area is 139 Å². The molecule has 5 nitrogen and oxygen atoms in total. The third-order valence-corrected chi connectivity index (χ3v) is 7.46. The van der Waals surface area contributed by atoms with Gasteiger partial charge in [0, 0.05) is 36.5 Å². The fourth-order valence-corrected chi connectivity index (χ4v) is 7.10. The molecule has 5 atom stereocenters. The Balaban J connectivity index is 1.64. The Bertz CT molecular complexity index is 842. The molecule has 1 aromatic rings. The quantitative estimate of drug-likeness (QED) is 0.791. The van der Waals surface area contributed by atoms with E-state index < -0.39 is 17.1 Å². The predicted octanol–water partition coefficient (Wildman–Crippen LogP) is 0.911. The van der Waals surface area contributed by atoms with Crippen molar-refractivity contribution in [3.05, 3.63) is 35.9 Å². The number of ketones is 1. The van der Waals surface area contributed by atoms with Gasteiger partial charge in [-0.25, -0.2) is 0 Å². The second kappa shape index (κ2) is 3.55. The molecule has 3 fully saturated rings. The van der Waals surface area contributed by atoms with Crippen molar-refractivity contribution in [1.82, 2.24) is 4.90 Å². The van der Waals surface area contributed by atoms with Gasteiger partial charge in [-0.15, -0.1) is 6.58 Å². The number of hydrogen-bond donors (Lipinski definition) is 2. The number of Topliss-reactive ketones (excluding diaryl/α,β-unsaturated/α-hetero) is 1. The summed E-state index contributed by atoms with van der Waals surface area (Å²) < 4.78 is 6.00. The van der Waals surface area contributed by atoms with Crippen molar-refractivity contribution >= 4 is 5.78 Å². The fraction of sp³-hybridized carbons (Fsp3) is 0.526. The van der Waals surface area contributed by atoms with E-state index in [1.54, 1.807) is 6.07 Å². The summed E-state index contributed by atoms with van der Waals surface area (Å²) in [4.78, 5) is 15.0. The summed E-state index contributed by atoms with van der Waals surface area (Å²) in [6.07, 6.45) is 2.88. The minimum absolute atomic E-state index is 0.0442. The van der Waals surface area contributed by atoms with Gasteiger partial charge in [0.2, 0.25) is 0 Å². The number of nitrogens with zero attached hydrogens (tertiary/aromatic N) is 1. The van der Waals surface area contributed by atoms with E-state index in [4.69, 9.17) is 4.74 Å². The zero-order chi connectivity index (χ0) is 16.5. The van der Waals surface area contributed by atoms with Crippen LogP contribution >= 0.6 is 0 Å². The van der Waals surface area contributed by atoms with Crippen molar-refractivity contribution in [2.24, 2.45) is 5.41 Å². The molecule has 6 rings (SSSR count). The molecule has 0 bridgehead atoms. The molecule has 1 aromatic carbocycles. The van der Waals surface area contributed by atoms with Crippen LogP contribution in [-0.2, 0) is 16.6 Å². The first kappa shape index (κ1) is 13.4. The van der Waals surface area contributed by atoms with Crippen LogP contribution in [0.5, 0.6) is 11.5 Å². The van der Waals surface area contributed by atoms with Gasteiger partial charge in [-0.2, -0.15) is 0 Å². The standard InChI is InChI=1S/C19H19NO4/c1-2-7-20-9-17-8-10-3-4-11(21)14-13(10)19(17)15(24-14)12(22)5-6-18(19,23)16(17)20/h2-4,15-16,21,23H,1,5-9H2/t15-,16+,17-,18+,19?/m0/s1. The third-order valence-electron chi connectivity index (χ3n) is 7.46. The first-order chi connectivity index (χ1) is 11.5. The monoisotopic (exact) mass is 325 g/mol. The van der Waals surface area contributed by atoms with E-state index in [-0.39, 0.29) is 23.0 Å². The third kappa shape index (κ3) is 0.951. The van der Waals surface area contributed by atoms with Crippen LogP contribution < -0.4 is 4.74 Å². The SMILES string of the molecule is C=CCN1C[C@]23Cc4ccc(O)c5c4C24[C@@H](O5)C(=O)CC[C@@]4(O)[C@H]13. The molecule has 24 heavy (non-hydrogen) atoms. The van der Waals surface area contributed by atoms with Crippen LogP contribution in [0.25, 0.3) is 0 Å². The van der Waals surface area contributed by atoms with Gasteiger partial charge in [0.1, 0.15) is 0 Å². The molecule has 124 valence electrons. The van der Waals surface area contributed by atoms with Crippen molar-refractivity contribution in [2.45, 2.75) is 42.4 Å². The number of rotatable bonds is 2. The highest BCUT2D eigenvalue weighted by atomic mass is 16.5. The van der Waals surface area contributed by atoms with Crippen molar-refractivity contribution in [3.8, 4) is 11.5 Å². The molecule has 2 heterocycles. The summed E-state index contributed by atoms with van der Waals surface area (Å²) in [5, 5.41) is 22.0. The second-order valence-electron chi connectivity index (χ2n) is 8.10. The van der Waals surface area contributed by atoms with Crippen molar-refractivity contribution in [1.29, 1.82) is 0 Å². The van der Waals surface area contributed by atoms with E-state index in [9.17, 15) is 15.0 Å². The van der Waals surface area contributed by atoms with Gasteiger partial charge in [-0.1, -0.05) is 12.1 Å². The van der Waals surface area contributed by atoms with Gasteiger partial charge >= 0.3 is 0 Å². The molecule has 0 radical (unpaired) electrons. The molecular weight excluding hydrogens is 306 g/mol. The molecule has 2 spiro atoms. The van der Waals surface area contributed by atoms with E-state index in [0.29, 0.717) is 18.6 Å². The average molecular weight is 325 g/mol. The van der Waals surface area contributed by atoms with Crippen LogP contribution in [0.2, 0.25) is 0 Å². The van der Waals surface area contributed by atoms with E-state index in [1.807, 2.05) is 12.1 Å². The predicted molar refractivity (Wildman–Crippen MR) is 85.1 cm³/mol. The normalized spacial score (nSPS) is 46.3. The van der Waals surface area contributed by atoms with Gasteiger partial charge in [0.25, 0.3) is 0 Å². The average Bonchev–Trinajstić information content (AvgIpc) is 3.04.